The molecular weight excluding hydrogens is 273 g/mol. The van der Waals surface area contributed by atoms with Crippen molar-refractivity contribution in [2.45, 2.75) is 19.1 Å². The molecule has 2 aromatic carbocycles. The minimum atomic E-state index is -1.02. The van der Waals surface area contributed by atoms with E-state index >= 15 is 0 Å². The summed E-state index contributed by atoms with van der Waals surface area (Å²) >= 11 is 0. The van der Waals surface area contributed by atoms with Crippen LogP contribution in [0.1, 0.15) is 23.6 Å². The molecule has 2 aromatic rings. The van der Waals surface area contributed by atoms with Gasteiger partial charge in [0.25, 0.3) is 0 Å². The van der Waals surface area contributed by atoms with Crippen LogP contribution in [0, 0.1) is 5.82 Å². The molecule has 110 valence electrons. The number of hydrogen-bond acceptors (Lipinski definition) is 3. The Morgan fingerprint density at radius 2 is 1.95 bits per heavy atom. The zero-order valence-electron chi connectivity index (χ0n) is 11.3. The number of rotatable bonds is 6. The molecule has 0 saturated carbocycles. The van der Waals surface area contributed by atoms with Gasteiger partial charge in [-0.3, -0.25) is 4.79 Å². The van der Waals surface area contributed by atoms with Gasteiger partial charge in [0, 0.05) is 6.04 Å². The highest BCUT2D eigenvalue weighted by atomic mass is 19.1. The number of benzene rings is 2. The van der Waals surface area contributed by atoms with Crippen LogP contribution < -0.4 is 10.5 Å². The Hall–Kier alpha value is -2.40. The number of nitrogens with two attached hydrogens (primary N) is 1. The maximum atomic E-state index is 13.9. The van der Waals surface area contributed by atoms with E-state index < -0.39 is 17.8 Å². The molecule has 3 N–H and O–H groups in total. The zero-order chi connectivity index (χ0) is 15.2. The van der Waals surface area contributed by atoms with Crippen molar-refractivity contribution < 1.29 is 19.0 Å². The van der Waals surface area contributed by atoms with E-state index in [2.05, 4.69) is 0 Å². The van der Waals surface area contributed by atoms with Crippen LogP contribution in [0.3, 0.4) is 0 Å². The summed E-state index contributed by atoms with van der Waals surface area (Å²) in [5.41, 5.74) is 7.06. The molecule has 0 aromatic heterocycles. The monoisotopic (exact) mass is 289 g/mol. The molecule has 0 bridgehead atoms. The lowest BCUT2D eigenvalue weighted by molar-refractivity contribution is -0.137. The summed E-state index contributed by atoms with van der Waals surface area (Å²) in [6.45, 7) is 0.262. The predicted octanol–water partition coefficient (Wildman–Crippen LogP) is 2.88. The highest BCUT2D eigenvalue weighted by molar-refractivity contribution is 5.67. The zero-order valence-corrected chi connectivity index (χ0v) is 11.3. The number of ether oxygens (including phenoxy) is 1. The number of aliphatic carboxylic acids is 1. The molecule has 0 aliphatic carbocycles. The van der Waals surface area contributed by atoms with E-state index in [1.54, 1.807) is 6.07 Å². The van der Waals surface area contributed by atoms with Crippen LogP contribution in [0.15, 0.2) is 48.5 Å². The molecular formula is C16H16FNO3. The summed E-state index contributed by atoms with van der Waals surface area (Å²) in [6.07, 6.45) is -0.246. The highest BCUT2D eigenvalue weighted by Gasteiger charge is 2.13. The lowest BCUT2D eigenvalue weighted by atomic mass is 10.0. The second kappa shape index (κ2) is 6.85. The maximum Gasteiger partial charge on any atom is 0.305 e. The largest absolute Gasteiger partial charge is 0.486 e. The summed E-state index contributed by atoms with van der Waals surface area (Å²) in [6, 6.07) is 12.9. The van der Waals surface area contributed by atoms with Crippen molar-refractivity contribution in [3.8, 4) is 5.75 Å². The first-order chi connectivity index (χ1) is 10.1. The van der Waals surface area contributed by atoms with Gasteiger partial charge in [0.2, 0.25) is 0 Å². The SMILES string of the molecule is N[C@H](CC(=O)O)c1ccc(OCc2ccccc2)c(F)c1. The molecule has 0 aliphatic rings. The van der Waals surface area contributed by atoms with E-state index in [9.17, 15) is 9.18 Å². The quantitative estimate of drug-likeness (QED) is 0.857. The molecule has 0 fully saturated rings. The Kier molecular flexibility index (Phi) is 4.90. The molecule has 1 atom stereocenters. The van der Waals surface area contributed by atoms with Crippen LogP contribution in [-0.2, 0) is 11.4 Å². The lowest BCUT2D eigenvalue weighted by Crippen LogP contribution is -2.15. The molecule has 5 heteroatoms. The fourth-order valence-corrected chi connectivity index (χ4v) is 1.91. The van der Waals surface area contributed by atoms with Crippen LogP contribution in [0.25, 0.3) is 0 Å². The third-order valence-electron chi connectivity index (χ3n) is 3.02. The Balaban J connectivity index is 2.04. The predicted molar refractivity (Wildman–Crippen MR) is 76.4 cm³/mol. The minimum absolute atomic E-state index is 0.116. The Bertz CT molecular complexity index is 616. The van der Waals surface area contributed by atoms with Crippen molar-refractivity contribution in [2.24, 2.45) is 5.73 Å². The normalized spacial score (nSPS) is 11.9. The molecule has 21 heavy (non-hydrogen) atoms. The standard InChI is InChI=1S/C16H16FNO3/c17-13-8-12(14(18)9-16(19)20)6-7-15(13)21-10-11-4-2-1-3-5-11/h1-8,14H,9-10,18H2,(H,19,20)/t14-/m1/s1. The minimum Gasteiger partial charge on any atom is -0.486 e. The molecule has 4 nitrogen and oxygen atoms in total. The van der Waals surface area contributed by atoms with Gasteiger partial charge in [0.05, 0.1) is 6.42 Å². The van der Waals surface area contributed by atoms with Gasteiger partial charge in [-0.05, 0) is 23.3 Å². The van der Waals surface area contributed by atoms with Gasteiger partial charge in [0.1, 0.15) is 6.61 Å². The van der Waals surface area contributed by atoms with Crippen LogP contribution in [-0.4, -0.2) is 11.1 Å². The lowest BCUT2D eigenvalue weighted by Gasteiger charge is -2.12. The second-order valence-electron chi connectivity index (χ2n) is 4.67. The fourth-order valence-electron chi connectivity index (χ4n) is 1.91. The Morgan fingerprint density at radius 1 is 1.24 bits per heavy atom. The van der Waals surface area contributed by atoms with Crippen molar-refractivity contribution in [3.63, 3.8) is 0 Å². The number of hydrogen-bond donors (Lipinski definition) is 2. The van der Waals surface area contributed by atoms with Gasteiger partial charge >= 0.3 is 5.97 Å². The van der Waals surface area contributed by atoms with Crippen LogP contribution in [0.2, 0.25) is 0 Å². The van der Waals surface area contributed by atoms with E-state index in [1.807, 2.05) is 30.3 Å². The molecule has 0 spiro atoms. The number of halogens is 1. The summed E-state index contributed by atoms with van der Waals surface area (Å²) in [4.78, 5) is 10.6. The summed E-state index contributed by atoms with van der Waals surface area (Å²) < 4.78 is 19.3. The Morgan fingerprint density at radius 3 is 2.57 bits per heavy atom. The van der Waals surface area contributed by atoms with Gasteiger partial charge < -0.3 is 15.6 Å². The van der Waals surface area contributed by atoms with Gasteiger partial charge in [-0.2, -0.15) is 0 Å². The van der Waals surface area contributed by atoms with Crippen molar-refractivity contribution in [1.82, 2.24) is 0 Å². The summed E-state index contributed by atoms with van der Waals surface area (Å²) in [5.74, 6) is -1.46. The van der Waals surface area contributed by atoms with E-state index in [4.69, 9.17) is 15.6 Å². The third-order valence-corrected chi connectivity index (χ3v) is 3.02. The number of carboxylic acids is 1. The molecule has 0 radical (unpaired) electrons. The van der Waals surface area contributed by atoms with Crippen LogP contribution in [0.5, 0.6) is 5.75 Å². The number of carboxylic acid groups (broad SMARTS) is 1. The first-order valence-corrected chi connectivity index (χ1v) is 6.50. The molecule has 0 aliphatic heterocycles. The number of carbonyl (C=O) groups is 1. The van der Waals surface area contributed by atoms with Gasteiger partial charge in [-0.25, -0.2) is 4.39 Å². The van der Waals surface area contributed by atoms with E-state index in [1.165, 1.54) is 12.1 Å². The second-order valence-corrected chi connectivity index (χ2v) is 4.67. The fraction of sp³-hybridized carbons (Fsp3) is 0.188. The molecule has 0 heterocycles. The van der Waals surface area contributed by atoms with Crippen LogP contribution in [0.4, 0.5) is 4.39 Å². The first-order valence-electron chi connectivity index (χ1n) is 6.50. The molecule has 0 amide bonds. The van der Waals surface area contributed by atoms with E-state index in [0.29, 0.717) is 5.56 Å². The topological polar surface area (TPSA) is 72.6 Å². The van der Waals surface area contributed by atoms with E-state index in [0.717, 1.165) is 5.56 Å². The van der Waals surface area contributed by atoms with Crippen molar-refractivity contribution in [1.29, 1.82) is 0 Å². The molecule has 0 unspecified atom stereocenters. The van der Waals surface area contributed by atoms with Crippen molar-refractivity contribution >= 4 is 5.97 Å². The van der Waals surface area contributed by atoms with Crippen molar-refractivity contribution in [3.05, 3.63) is 65.5 Å². The van der Waals surface area contributed by atoms with Gasteiger partial charge in [-0.1, -0.05) is 36.4 Å². The van der Waals surface area contributed by atoms with Gasteiger partial charge in [-0.15, -0.1) is 0 Å². The summed E-state index contributed by atoms with van der Waals surface area (Å²) in [5, 5.41) is 8.68. The summed E-state index contributed by atoms with van der Waals surface area (Å²) in [7, 11) is 0. The first kappa shape index (κ1) is 15.0. The Labute approximate surface area is 122 Å². The molecule has 0 saturated heterocycles. The third kappa shape index (κ3) is 4.29. The maximum absolute atomic E-state index is 13.9. The van der Waals surface area contributed by atoms with E-state index in [-0.39, 0.29) is 18.8 Å². The smallest absolute Gasteiger partial charge is 0.305 e. The van der Waals surface area contributed by atoms with Crippen molar-refractivity contribution in [2.75, 3.05) is 0 Å². The molecule has 2 rings (SSSR count). The van der Waals surface area contributed by atoms with Crippen LogP contribution >= 0.6 is 0 Å². The average molecular weight is 289 g/mol. The average Bonchev–Trinajstić information content (AvgIpc) is 2.46. The van der Waals surface area contributed by atoms with Gasteiger partial charge in [0.15, 0.2) is 11.6 Å². The highest BCUT2D eigenvalue weighted by Crippen LogP contribution is 2.23.